The minimum absolute atomic E-state index is 0.328. The molecule has 0 saturated heterocycles. The van der Waals surface area contributed by atoms with Gasteiger partial charge in [0.2, 0.25) is 0 Å². The molecule has 2 saturated carbocycles. The van der Waals surface area contributed by atoms with Crippen molar-refractivity contribution in [2.45, 2.75) is 92.4 Å². The fraction of sp³-hybridized carbons (Fsp3) is 0.786. The quantitative estimate of drug-likeness (QED) is 0.493. The Kier molecular flexibility index (Phi) is 5.93. The van der Waals surface area contributed by atoms with Crippen molar-refractivity contribution in [3.8, 4) is 0 Å². The Labute approximate surface area is 179 Å². The van der Waals surface area contributed by atoms with Crippen LogP contribution in [0.15, 0.2) is 34.9 Å². The average Bonchev–Trinajstić information content (AvgIpc) is 3.08. The van der Waals surface area contributed by atoms with Gasteiger partial charge < -0.3 is 5.11 Å². The Balaban J connectivity index is 1.52. The van der Waals surface area contributed by atoms with Gasteiger partial charge in [-0.3, -0.25) is 0 Å². The van der Waals surface area contributed by atoms with Gasteiger partial charge in [-0.15, -0.1) is 0 Å². The fourth-order valence-electron chi connectivity index (χ4n) is 7.57. The standard InChI is InChI=1S/C28H44O/c1-19(21(3)18-29)9-10-20(2)24-13-14-25-23-12-11-22-8-6-7-16-27(22,4)26(23)15-17-28(24,25)5/h11-12,15,19-21,24-25,29H,6-10,13-14,16-18H2,1-5H3/t19?,20-,21?,24-,25+,27+,28-/m1/s1. The number of aliphatic hydroxyl groups excluding tert-OH is 1. The number of fused-ring (bicyclic) bond motifs is 5. The summed E-state index contributed by atoms with van der Waals surface area (Å²) in [6.45, 7) is 12.5. The van der Waals surface area contributed by atoms with E-state index in [1.165, 1.54) is 57.8 Å². The Morgan fingerprint density at radius 3 is 2.59 bits per heavy atom. The number of hydrogen-bond acceptors (Lipinski definition) is 1. The topological polar surface area (TPSA) is 20.2 Å². The molecule has 0 bridgehead atoms. The van der Waals surface area contributed by atoms with Crippen molar-refractivity contribution >= 4 is 0 Å². The summed E-state index contributed by atoms with van der Waals surface area (Å²) in [6.07, 6.45) is 19.8. The van der Waals surface area contributed by atoms with Gasteiger partial charge in [0.1, 0.15) is 0 Å². The molecule has 0 heterocycles. The molecule has 0 amide bonds. The van der Waals surface area contributed by atoms with E-state index in [1.807, 2.05) is 0 Å². The van der Waals surface area contributed by atoms with E-state index < -0.39 is 0 Å². The highest BCUT2D eigenvalue weighted by molar-refractivity contribution is 5.53. The van der Waals surface area contributed by atoms with Crippen LogP contribution in [0.1, 0.15) is 92.4 Å². The second-order valence-corrected chi connectivity index (χ2v) is 11.6. The highest BCUT2D eigenvalue weighted by Crippen LogP contribution is 2.64. The first-order chi connectivity index (χ1) is 13.8. The van der Waals surface area contributed by atoms with Gasteiger partial charge in [-0.1, -0.05) is 77.7 Å². The van der Waals surface area contributed by atoms with Crippen LogP contribution in [-0.2, 0) is 0 Å². The van der Waals surface area contributed by atoms with Crippen LogP contribution in [0.4, 0.5) is 0 Å². The summed E-state index contributed by atoms with van der Waals surface area (Å²) >= 11 is 0. The third-order valence-electron chi connectivity index (χ3n) is 10.0. The number of aliphatic hydroxyl groups is 1. The van der Waals surface area contributed by atoms with Crippen molar-refractivity contribution in [3.63, 3.8) is 0 Å². The molecule has 0 aliphatic heterocycles. The Morgan fingerprint density at radius 2 is 1.83 bits per heavy atom. The Hall–Kier alpha value is -0.820. The lowest BCUT2D eigenvalue weighted by Crippen LogP contribution is -2.40. The van der Waals surface area contributed by atoms with Gasteiger partial charge in [0.05, 0.1) is 0 Å². The summed E-state index contributed by atoms with van der Waals surface area (Å²) in [6, 6.07) is 0. The number of hydrogen-bond donors (Lipinski definition) is 1. The second-order valence-electron chi connectivity index (χ2n) is 11.6. The largest absolute Gasteiger partial charge is 0.396 e. The molecule has 2 unspecified atom stereocenters. The van der Waals surface area contributed by atoms with Crippen molar-refractivity contribution in [1.29, 1.82) is 0 Å². The third kappa shape index (κ3) is 3.50. The highest BCUT2D eigenvalue weighted by atomic mass is 16.3. The van der Waals surface area contributed by atoms with Gasteiger partial charge in [-0.05, 0) is 84.7 Å². The van der Waals surface area contributed by atoms with Gasteiger partial charge in [-0.2, -0.15) is 0 Å². The molecule has 4 rings (SSSR count). The first kappa shape index (κ1) is 21.4. The summed E-state index contributed by atoms with van der Waals surface area (Å²) in [5.74, 6) is 3.45. The zero-order chi connectivity index (χ0) is 20.8. The van der Waals surface area contributed by atoms with E-state index in [4.69, 9.17) is 0 Å². The zero-order valence-electron chi connectivity index (χ0n) is 19.6. The summed E-state index contributed by atoms with van der Waals surface area (Å²) < 4.78 is 0. The van der Waals surface area contributed by atoms with Gasteiger partial charge in [-0.25, -0.2) is 0 Å². The minimum atomic E-state index is 0.328. The van der Waals surface area contributed by atoms with Gasteiger partial charge in [0.15, 0.2) is 0 Å². The van der Waals surface area contributed by atoms with Crippen LogP contribution in [-0.4, -0.2) is 11.7 Å². The maximum atomic E-state index is 9.47. The maximum Gasteiger partial charge on any atom is 0.0459 e. The molecule has 29 heavy (non-hydrogen) atoms. The van der Waals surface area contributed by atoms with Crippen LogP contribution in [0.5, 0.6) is 0 Å². The van der Waals surface area contributed by atoms with E-state index in [0.29, 0.717) is 29.3 Å². The molecule has 1 heteroatoms. The van der Waals surface area contributed by atoms with E-state index >= 15 is 0 Å². The molecule has 1 nitrogen and oxygen atoms in total. The van der Waals surface area contributed by atoms with Crippen molar-refractivity contribution in [2.75, 3.05) is 6.61 Å². The van der Waals surface area contributed by atoms with Crippen LogP contribution in [0.25, 0.3) is 0 Å². The lowest BCUT2D eigenvalue weighted by molar-refractivity contribution is 0.112. The van der Waals surface area contributed by atoms with Crippen LogP contribution in [0.3, 0.4) is 0 Å². The van der Waals surface area contributed by atoms with Crippen LogP contribution >= 0.6 is 0 Å². The van der Waals surface area contributed by atoms with Crippen LogP contribution < -0.4 is 0 Å². The molecule has 0 aromatic carbocycles. The molecule has 162 valence electrons. The number of rotatable bonds is 6. The first-order valence-electron chi connectivity index (χ1n) is 12.5. The van der Waals surface area contributed by atoms with Gasteiger partial charge in [0, 0.05) is 12.0 Å². The fourth-order valence-corrected chi connectivity index (χ4v) is 7.57. The molecule has 4 aliphatic carbocycles. The van der Waals surface area contributed by atoms with E-state index in [1.54, 1.807) is 16.7 Å². The third-order valence-corrected chi connectivity index (χ3v) is 10.0. The average molecular weight is 397 g/mol. The van der Waals surface area contributed by atoms with Gasteiger partial charge >= 0.3 is 0 Å². The molecule has 0 radical (unpaired) electrons. The van der Waals surface area contributed by atoms with Crippen molar-refractivity contribution in [2.24, 2.45) is 40.4 Å². The van der Waals surface area contributed by atoms with Crippen molar-refractivity contribution in [3.05, 3.63) is 34.9 Å². The lowest BCUT2D eigenvalue weighted by atomic mass is 9.54. The molecule has 7 atom stereocenters. The predicted molar refractivity (Wildman–Crippen MR) is 124 cm³/mol. The highest BCUT2D eigenvalue weighted by Gasteiger charge is 2.53. The smallest absolute Gasteiger partial charge is 0.0459 e. The first-order valence-corrected chi connectivity index (χ1v) is 12.5. The molecule has 2 fully saturated rings. The molecule has 0 aromatic rings. The van der Waals surface area contributed by atoms with Crippen LogP contribution in [0.2, 0.25) is 0 Å². The second kappa shape index (κ2) is 8.03. The molecule has 0 aromatic heterocycles. The van der Waals surface area contributed by atoms with E-state index in [9.17, 15) is 5.11 Å². The zero-order valence-corrected chi connectivity index (χ0v) is 19.6. The summed E-state index contributed by atoms with van der Waals surface area (Å²) in [5.41, 5.74) is 5.91. The Bertz CT molecular complexity index is 712. The van der Waals surface area contributed by atoms with E-state index in [2.05, 4.69) is 52.8 Å². The van der Waals surface area contributed by atoms with E-state index in [0.717, 1.165) is 17.8 Å². The van der Waals surface area contributed by atoms with Crippen molar-refractivity contribution < 1.29 is 5.11 Å². The van der Waals surface area contributed by atoms with Crippen LogP contribution in [0, 0.1) is 40.4 Å². The monoisotopic (exact) mass is 396 g/mol. The molecule has 1 N–H and O–H groups in total. The van der Waals surface area contributed by atoms with E-state index in [-0.39, 0.29) is 0 Å². The minimum Gasteiger partial charge on any atom is -0.396 e. The molecular weight excluding hydrogens is 352 g/mol. The summed E-state index contributed by atoms with van der Waals surface area (Å²) in [5, 5.41) is 9.47. The maximum absolute atomic E-state index is 9.47. The number of allylic oxidation sites excluding steroid dienone is 6. The predicted octanol–water partition coefficient (Wildman–Crippen LogP) is 7.48. The van der Waals surface area contributed by atoms with Crippen molar-refractivity contribution in [1.82, 2.24) is 0 Å². The summed E-state index contributed by atoms with van der Waals surface area (Å²) in [7, 11) is 0. The molecule has 4 aliphatic rings. The lowest BCUT2D eigenvalue weighted by Gasteiger charge is -2.50. The normalized spacial score (nSPS) is 39.3. The molecule has 0 spiro atoms. The Morgan fingerprint density at radius 1 is 1.03 bits per heavy atom. The SMILES string of the molecule is CC(CO)C(C)CC[C@@H](C)[C@H]1CC[C@H]2C3=CC=C4CCCC[C@]4(C)C3=CC[C@]12C. The summed E-state index contributed by atoms with van der Waals surface area (Å²) in [4.78, 5) is 0. The molecular formula is C28H44O. The van der Waals surface area contributed by atoms with Gasteiger partial charge in [0.25, 0.3) is 0 Å².